The number of hydrogen-bond acceptors (Lipinski definition) is 5. The number of sulfonamides is 1. The normalized spacial score (nSPS) is 11.3. The molecule has 0 unspecified atom stereocenters. The molecule has 0 saturated heterocycles. The van der Waals surface area contributed by atoms with Crippen molar-refractivity contribution in [2.75, 3.05) is 14.2 Å². The van der Waals surface area contributed by atoms with Gasteiger partial charge in [0.1, 0.15) is 6.54 Å². The summed E-state index contributed by atoms with van der Waals surface area (Å²) in [7, 11) is -1.16. The first-order chi connectivity index (χ1) is 12.4. The lowest BCUT2D eigenvalue weighted by atomic mass is 10.2. The van der Waals surface area contributed by atoms with Crippen LogP contribution in [-0.2, 0) is 21.4 Å². The zero-order chi connectivity index (χ0) is 18.7. The van der Waals surface area contributed by atoms with Gasteiger partial charge in [-0.05, 0) is 29.7 Å². The predicted octanol–water partition coefficient (Wildman–Crippen LogP) is 2.16. The van der Waals surface area contributed by atoms with Crippen molar-refractivity contribution in [1.29, 1.82) is 0 Å². The third-order valence-electron chi connectivity index (χ3n) is 3.91. The first kappa shape index (κ1) is 17.8. The minimum atomic E-state index is -4.02. The Balaban J connectivity index is 1.80. The number of benzene rings is 2. The molecule has 26 heavy (non-hydrogen) atoms. The van der Waals surface area contributed by atoms with Crippen molar-refractivity contribution >= 4 is 26.8 Å². The molecule has 0 aliphatic heterocycles. The molecule has 0 aliphatic carbocycles. The van der Waals surface area contributed by atoms with Crippen LogP contribution in [0.2, 0.25) is 0 Å². The predicted molar refractivity (Wildman–Crippen MR) is 96.8 cm³/mol. The smallest absolute Gasteiger partial charge is 0.264 e. The minimum Gasteiger partial charge on any atom is -0.493 e. The molecule has 0 radical (unpaired) electrons. The fourth-order valence-electron chi connectivity index (χ4n) is 2.66. The number of nitrogens with zero attached hydrogens (tertiary/aromatic N) is 1. The van der Waals surface area contributed by atoms with Crippen molar-refractivity contribution in [2.24, 2.45) is 0 Å². The molecule has 3 aromatic rings. The van der Waals surface area contributed by atoms with Gasteiger partial charge in [-0.1, -0.05) is 18.2 Å². The van der Waals surface area contributed by atoms with Gasteiger partial charge in [0.05, 0.1) is 19.1 Å². The van der Waals surface area contributed by atoms with E-state index >= 15 is 0 Å². The molecule has 1 aromatic heterocycles. The highest BCUT2D eigenvalue weighted by atomic mass is 32.2. The number of aromatic nitrogens is 1. The summed E-state index contributed by atoms with van der Waals surface area (Å²) < 4.78 is 38.9. The van der Waals surface area contributed by atoms with E-state index in [1.807, 2.05) is 30.3 Å². The number of methoxy groups -OCH3 is 2. The zero-order valence-corrected chi connectivity index (χ0v) is 15.1. The van der Waals surface area contributed by atoms with Crippen molar-refractivity contribution in [3.8, 4) is 11.5 Å². The van der Waals surface area contributed by atoms with Crippen LogP contribution in [0.3, 0.4) is 0 Å². The summed E-state index contributed by atoms with van der Waals surface area (Å²) in [4.78, 5) is 12.2. The van der Waals surface area contributed by atoms with E-state index in [0.29, 0.717) is 5.75 Å². The minimum absolute atomic E-state index is 0.0825. The molecule has 8 heteroatoms. The number of ether oxygens (including phenoxy) is 2. The second-order valence-electron chi connectivity index (χ2n) is 5.55. The Morgan fingerprint density at radius 2 is 1.77 bits per heavy atom. The van der Waals surface area contributed by atoms with E-state index in [4.69, 9.17) is 9.47 Å². The maximum absolute atomic E-state index is 12.5. The van der Waals surface area contributed by atoms with Crippen LogP contribution in [0.15, 0.2) is 59.6 Å². The number of carbonyl (C=O) groups excluding carboxylic acids is 1. The molecule has 3 rings (SSSR count). The van der Waals surface area contributed by atoms with Crippen LogP contribution in [0.1, 0.15) is 0 Å². The summed E-state index contributed by atoms with van der Waals surface area (Å²) in [5.74, 6) is 0.0250. The number of fused-ring (bicyclic) bond motifs is 1. The number of rotatable bonds is 6. The van der Waals surface area contributed by atoms with Gasteiger partial charge in [-0.2, -0.15) is 0 Å². The maximum atomic E-state index is 12.5. The van der Waals surface area contributed by atoms with Crippen molar-refractivity contribution < 1.29 is 22.7 Å². The number of amides is 1. The molecular weight excluding hydrogens is 356 g/mol. The first-order valence-electron chi connectivity index (χ1n) is 7.76. The van der Waals surface area contributed by atoms with Gasteiger partial charge in [0.2, 0.25) is 0 Å². The molecule has 0 fully saturated rings. The van der Waals surface area contributed by atoms with Crippen LogP contribution < -0.4 is 14.2 Å². The third-order valence-corrected chi connectivity index (χ3v) is 5.28. The van der Waals surface area contributed by atoms with Crippen molar-refractivity contribution in [3.63, 3.8) is 0 Å². The maximum Gasteiger partial charge on any atom is 0.264 e. The SMILES string of the molecule is COc1ccc(S(=O)(=O)NC(=O)Cn2ccc3ccccc32)cc1OC. The van der Waals surface area contributed by atoms with Crippen LogP contribution >= 0.6 is 0 Å². The van der Waals surface area contributed by atoms with Gasteiger partial charge in [0.15, 0.2) is 11.5 Å². The summed E-state index contributed by atoms with van der Waals surface area (Å²) in [5.41, 5.74) is 0.853. The molecule has 1 amide bonds. The van der Waals surface area contributed by atoms with E-state index in [-0.39, 0.29) is 17.2 Å². The molecule has 0 spiro atoms. The fourth-order valence-corrected chi connectivity index (χ4v) is 3.65. The van der Waals surface area contributed by atoms with E-state index in [1.54, 1.807) is 10.8 Å². The quantitative estimate of drug-likeness (QED) is 0.715. The summed E-state index contributed by atoms with van der Waals surface area (Å²) in [6.07, 6.45) is 1.74. The Labute approximate surface area is 151 Å². The van der Waals surface area contributed by atoms with E-state index in [0.717, 1.165) is 10.9 Å². The van der Waals surface area contributed by atoms with E-state index in [9.17, 15) is 13.2 Å². The van der Waals surface area contributed by atoms with Gasteiger partial charge in [-0.25, -0.2) is 13.1 Å². The van der Waals surface area contributed by atoms with Crippen LogP contribution in [0.5, 0.6) is 11.5 Å². The molecule has 136 valence electrons. The van der Waals surface area contributed by atoms with Crippen LogP contribution in [-0.4, -0.2) is 33.1 Å². The second kappa shape index (κ2) is 7.09. The average molecular weight is 374 g/mol. The summed E-state index contributed by atoms with van der Waals surface area (Å²) in [5, 5.41) is 0.975. The molecule has 0 aliphatic rings. The summed E-state index contributed by atoms with van der Waals surface area (Å²) in [6.45, 7) is -0.111. The Morgan fingerprint density at radius 1 is 1.04 bits per heavy atom. The van der Waals surface area contributed by atoms with Gasteiger partial charge in [-0.15, -0.1) is 0 Å². The van der Waals surface area contributed by atoms with Crippen LogP contribution in [0.4, 0.5) is 0 Å². The number of carbonyl (C=O) groups is 1. The largest absolute Gasteiger partial charge is 0.493 e. The Bertz CT molecular complexity index is 1060. The van der Waals surface area contributed by atoms with Gasteiger partial charge in [0, 0.05) is 17.8 Å². The molecule has 1 N–H and O–H groups in total. The van der Waals surface area contributed by atoms with E-state index in [2.05, 4.69) is 4.72 Å². The van der Waals surface area contributed by atoms with Crippen LogP contribution in [0.25, 0.3) is 10.9 Å². The molecule has 1 heterocycles. The highest BCUT2D eigenvalue weighted by Gasteiger charge is 2.20. The Hall–Kier alpha value is -3.00. The van der Waals surface area contributed by atoms with Gasteiger partial charge < -0.3 is 14.0 Å². The van der Waals surface area contributed by atoms with Crippen molar-refractivity contribution in [3.05, 3.63) is 54.7 Å². The lowest BCUT2D eigenvalue weighted by molar-refractivity contribution is -0.119. The molecule has 2 aromatic carbocycles. The molecule has 0 bridgehead atoms. The zero-order valence-electron chi connectivity index (χ0n) is 14.3. The highest BCUT2D eigenvalue weighted by molar-refractivity contribution is 7.90. The lowest BCUT2D eigenvalue weighted by Crippen LogP contribution is -2.33. The lowest BCUT2D eigenvalue weighted by Gasteiger charge is -2.11. The summed E-state index contributed by atoms with van der Waals surface area (Å²) >= 11 is 0. The number of para-hydroxylation sites is 1. The molecule has 0 atom stereocenters. The monoisotopic (exact) mass is 374 g/mol. The number of nitrogens with one attached hydrogen (secondary N) is 1. The molecule has 0 saturated carbocycles. The van der Waals surface area contributed by atoms with Gasteiger partial charge >= 0.3 is 0 Å². The fraction of sp³-hybridized carbons (Fsp3) is 0.167. The molecular formula is C18H18N2O5S. The van der Waals surface area contributed by atoms with E-state index < -0.39 is 15.9 Å². The van der Waals surface area contributed by atoms with Crippen molar-refractivity contribution in [2.45, 2.75) is 11.4 Å². The topological polar surface area (TPSA) is 86.6 Å². The van der Waals surface area contributed by atoms with Crippen LogP contribution in [0, 0.1) is 0 Å². The first-order valence-corrected chi connectivity index (χ1v) is 9.24. The van der Waals surface area contributed by atoms with E-state index in [1.165, 1.54) is 32.4 Å². The Morgan fingerprint density at radius 3 is 2.50 bits per heavy atom. The summed E-state index contributed by atoms with van der Waals surface area (Å²) in [6, 6.07) is 13.5. The number of hydrogen-bond donors (Lipinski definition) is 1. The standard InChI is InChI=1S/C18H18N2O5S/c1-24-16-8-7-14(11-17(16)25-2)26(22,23)19-18(21)12-20-10-9-13-5-3-4-6-15(13)20/h3-11H,12H2,1-2H3,(H,19,21). The third kappa shape index (κ3) is 3.50. The van der Waals surface area contributed by atoms with Gasteiger partial charge in [-0.3, -0.25) is 4.79 Å². The second-order valence-corrected chi connectivity index (χ2v) is 7.23. The van der Waals surface area contributed by atoms with Crippen molar-refractivity contribution in [1.82, 2.24) is 9.29 Å². The Kier molecular flexibility index (Phi) is 4.85. The molecule has 7 nitrogen and oxygen atoms in total. The van der Waals surface area contributed by atoms with Gasteiger partial charge in [0.25, 0.3) is 15.9 Å². The average Bonchev–Trinajstić information content (AvgIpc) is 3.03. The highest BCUT2D eigenvalue weighted by Crippen LogP contribution is 2.29.